The third-order valence-corrected chi connectivity index (χ3v) is 6.81. The van der Waals surface area contributed by atoms with Gasteiger partial charge >= 0.3 is 0 Å². The summed E-state index contributed by atoms with van der Waals surface area (Å²) in [7, 11) is 0. The van der Waals surface area contributed by atoms with E-state index in [1.54, 1.807) is 0 Å². The number of hydrogen-bond donors (Lipinski definition) is 2. The predicted molar refractivity (Wildman–Crippen MR) is 130 cm³/mol. The second kappa shape index (κ2) is 7.94. The van der Waals surface area contributed by atoms with Gasteiger partial charge in [-0.3, -0.25) is 10.1 Å². The zero-order valence-corrected chi connectivity index (χ0v) is 18.3. The van der Waals surface area contributed by atoms with E-state index in [1.165, 1.54) is 28.2 Å². The number of rotatable bonds is 4. The maximum Gasteiger partial charge on any atom is 0.269 e. The van der Waals surface area contributed by atoms with Crippen molar-refractivity contribution in [2.24, 2.45) is 0 Å². The van der Waals surface area contributed by atoms with Crippen molar-refractivity contribution in [3.05, 3.63) is 82.6 Å². The van der Waals surface area contributed by atoms with E-state index in [0.717, 1.165) is 32.7 Å². The first-order valence-electron chi connectivity index (χ1n) is 9.67. The van der Waals surface area contributed by atoms with Gasteiger partial charge < -0.3 is 5.73 Å². The summed E-state index contributed by atoms with van der Waals surface area (Å²) < 4.78 is 0. The predicted octanol–water partition coefficient (Wildman–Crippen LogP) is 6.23. The number of anilines is 2. The maximum absolute atomic E-state index is 12.9. The van der Waals surface area contributed by atoms with E-state index in [-0.39, 0.29) is 5.91 Å². The highest BCUT2D eigenvalue weighted by molar-refractivity contribution is 7.21. The number of nitrogens with zero attached hydrogens (tertiary/aromatic N) is 2. The molecule has 0 atom stereocenters. The summed E-state index contributed by atoms with van der Waals surface area (Å²) in [6.45, 7) is 2.05. The van der Waals surface area contributed by atoms with Crippen molar-refractivity contribution in [1.29, 1.82) is 0 Å². The topological polar surface area (TPSA) is 80.9 Å². The summed E-state index contributed by atoms with van der Waals surface area (Å²) >= 11 is 2.68. The van der Waals surface area contributed by atoms with Crippen molar-refractivity contribution < 1.29 is 4.79 Å². The number of carbonyl (C=O) groups excluding carboxylic acids is 1. The summed E-state index contributed by atoms with van der Waals surface area (Å²) in [5.41, 5.74) is 11.7. The lowest BCUT2D eigenvalue weighted by Gasteiger charge is -2.02. The van der Waals surface area contributed by atoms with Crippen LogP contribution < -0.4 is 11.1 Å². The molecular weight excluding hydrogens is 424 g/mol. The minimum absolute atomic E-state index is 0.272. The van der Waals surface area contributed by atoms with Crippen molar-refractivity contribution >= 4 is 49.6 Å². The summed E-state index contributed by atoms with van der Waals surface area (Å²) in [6.07, 6.45) is 0. The molecule has 0 radical (unpaired) electrons. The van der Waals surface area contributed by atoms with Gasteiger partial charge in [-0.2, -0.15) is 0 Å². The Morgan fingerprint density at radius 1 is 0.903 bits per heavy atom. The molecule has 0 spiro atoms. The molecule has 0 aliphatic heterocycles. The molecule has 152 valence electrons. The lowest BCUT2D eigenvalue weighted by Crippen LogP contribution is -2.11. The van der Waals surface area contributed by atoms with E-state index in [1.807, 2.05) is 60.0 Å². The molecule has 0 aliphatic rings. The van der Waals surface area contributed by atoms with Crippen LogP contribution in [0, 0.1) is 6.92 Å². The molecule has 2 aromatic carbocycles. The fourth-order valence-electron chi connectivity index (χ4n) is 3.28. The van der Waals surface area contributed by atoms with E-state index in [0.29, 0.717) is 15.7 Å². The Kier molecular flexibility index (Phi) is 4.97. The number of benzene rings is 2. The smallest absolute Gasteiger partial charge is 0.269 e. The van der Waals surface area contributed by atoms with Crippen molar-refractivity contribution in [1.82, 2.24) is 9.97 Å². The van der Waals surface area contributed by atoms with Crippen LogP contribution in [-0.4, -0.2) is 15.9 Å². The first-order chi connectivity index (χ1) is 15.1. The molecule has 0 saturated heterocycles. The van der Waals surface area contributed by atoms with Gasteiger partial charge in [0.1, 0.15) is 9.71 Å². The zero-order valence-electron chi connectivity index (χ0n) is 16.6. The number of thiophene rings is 1. The Labute approximate surface area is 187 Å². The number of hydrogen-bond acceptors (Lipinski definition) is 6. The van der Waals surface area contributed by atoms with Crippen LogP contribution in [0.2, 0.25) is 0 Å². The molecule has 0 aliphatic carbocycles. The molecule has 0 bridgehead atoms. The molecule has 0 fully saturated rings. The van der Waals surface area contributed by atoms with Crippen LogP contribution in [0.4, 0.5) is 10.8 Å². The standard InChI is InChI=1S/C24H18N4OS2/c1-14-7-9-16(10-8-14)18-12-11-17-20(25)21(31-23(17)26-18)22(29)28-24-27-19(13-30-24)15-5-3-2-4-6-15/h2-13H,25H2,1H3,(H,27,28,29). The zero-order chi connectivity index (χ0) is 21.4. The van der Waals surface area contributed by atoms with E-state index >= 15 is 0 Å². The van der Waals surface area contributed by atoms with Crippen LogP contribution >= 0.6 is 22.7 Å². The molecule has 3 aromatic heterocycles. The molecule has 1 amide bonds. The van der Waals surface area contributed by atoms with Crippen molar-refractivity contribution in [2.75, 3.05) is 11.1 Å². The molecule has 5 aromatic rings. The second-order valence-corrected chi connectivity index (χ2v) is 8.98. The van der Waals surface area contributed by atoms with Crippen molar-refractivity contribution in [3.63, 3.8) is 0 Å². The first kappa shape index (κ1) is 19.4. The fraction of sp³-hybridized carbons (Fsp3) is 0.0417. The molecule has 0 saturated carbocycles. The molecule has 3 N–H and O–H groups in total. The molecule has 31 heavy (non-hydrogen) atoms. The number of aryl methyl sites for hydroxylation is 1. The van der Waals surface area contributed by atoms with Crippen molar-refractivity contribution in [3.8, 4) is 22.5 Å². The van der Waals surface area contributed by atoms with Gasteiger partial charge in [0.2, 0.25) is 0 Å². The number of pyridine rings is 1. The Hall–Kier alpha value is -3.55. The quantitative estimate of drug-likeness (QED) is 0.346. The van der Waals surface area contributed by atoms with E-state index < -0.39 is 0 Å². The SMILES string of the molecule is Cc1ccc(-c2ccc3c(N)c(C(=O)Nc4nc(-c5ccccc5)cs4)sc3n2)cc1. The molecule has 5 rings (SSSR count). The van der Waals surface area contributed by atoms with E-state index in [4.69, 9.17) is 10.7 Å². The lowest BCUT2D eigenvalue weighted by molar-refractivity contribution is 0.103. The van der Waals surface area contributed by atoms with Gasteiger partial charge in [0.25, 0.3) is 5.91 Å². The minimum Gasteiger partial charge on any atom is -0.397 e. The Bertz CT molecular complexity index is 1390. The number of nitrogens with one attached hydrogen (secondary N) is 1. The monoisotopic (exact) mass is 442 g/mol. The lowest BCUT2D eigenvalue weighted by atomic mass is 10.1. The molecule has 7 heteroatoms. The Morgan fingerprint density at radius 3 is 2.42 bits per heavy atom. The van der Waals surface area contributed by atoms with Gasteiger partial charge in [-0.1, -0.05) is 60.2 Å². The Balaban J connectivity index is 1.42. The third-order valence-electron chi connectivity index (χ3n) is 4.94. The largest absolute Gasteiger partial charge is 0.397 e. The summed E-state index contributed by atoms with van der Waals surface area (Å²) in [5.74, 6) is -0.272. The summed E-state index contributed by atoms with van der Waals surface area (Å²) in [4.78, 5) is 23.3. The third kappa shape index (κ3) is 3.81. The minimum atomic E-state index is -0.272. The van der Waals surface area contributed by atoms with Crippen LogP contribution in [-0.2, 0) is 0 Å². The highest BCUT2D eigenvalue weighted by Crippen LogP contribution is 2.35. The molecule has 3 heterocycles. The van der Waals surface area contributed by atoms with Crippen LogP contribution in [0.5, 0.6) is 0 Å². The summed E-state index contributed by atoms with van der Waals surface area (Å²) in [5, 5.41) is 6.12. The van der Waals surface area contributed by atoms with Gasteiger partial charge in [0, 0.05) is 21.9 Å². The number of amides is 1. The van der Waals surface area contributed by atoms with Gasteiger partial charge in [-0.25, -0.2) is 9.97 Å². The van der Waals surface area contributed by atoms with Crippen LogP contribution in [0.25, 0.3) is 32.7 Å². The second-order valence-electron chi connectivity index (χ2n) is 7.12. The normalized spacial score (nSPS) is 11.0. The summed E-state index contributed by atoms with van der Waals surface area (Å²) in [6, 6.07) is 21.9. The number of thiazole rings is 1. The first-order valence-corrected chi connectivity index (χ1v) is 11.4. The van der Waals surface area contributed by atoms with Crippen LogP contribution in [0.3, 0.4) is 0 Å². The molecular formula is C24H18N4OS2. The van der Waals surface area contributed by atoms with E-state index in [9.17, 15) is 4.79 Å². The highest BCUT2D eigenvalue weighted by atomic mass is 32.1. The number of aromatic nitrogens is 2. The highest BCUT2D eigenvalue weighted by Gasteiger charge is 2.19. The number of nitrogens with two attached hydrogens (primary N) is 1. The average molecular weight is 443 g/mol. The van der Waals surface area contributed by atoms with Gasteiger partial charge in [0.15, 0.2) is 5.13 Å². The van der Waals surface area contributed by atoms with E-state index in [2.05, 4.69) is 29.4 Å². The van der Waals surface area contributed by atoms with Crippen molar-refractivity contribution in [2.45, 2.75) is 6.92 Å². The van der Waals surface area contributed by atoms with Gasteiger partial charge in [0.05, 0.1) is 17.1 Å². The van der Waals surface area contributed by atoms with Gasteiger partial charge in [-0.15, -0.1) is 22.7 Å². The number of fused-ring (bicyclic) bond motifs is 1. The molecule has 5 nitrogen and oxygen atoms in total. The van der Waals surface area contributed by atoms with Crippen LogP contribution in [0.15, 0.2) is 72.1 Å². The maximum atomic E-state index is 12.9. The Morgan fingerprint density at radius 2 is 1.65 bits per heavy atom. The fourth-order valence-corrected chi connectivity index (χ4v) is 4.98. The van der Waals surface area contributed by atoms with Gasteiger partial charge in [-0.05, 0) is 19.1 Å². The van der Waals surface area contributed by atoms with Crippen LogP contribution in [0.1, 0.15) is 15.2 Å². The number of nitrogen functional groups attached to an aromatic ring is 1. The average Bonchev–Trinajstić information content (AvgIpc) is 3.39. The molecule has 0 unspecified atom stereocenters. The number of carbonyl (C=O) groups is 1.